The Kier molecular flexibility index (Phi) is 3.14. The van der Waals surface area contributed by atoms with Gasteiger partial charge in [-0.05, 0) is 12.1 Å². The first kappa shape index (κ1) is 11.7. The number of hydrogen-bond acceptors (Lipinski definition) is 3. The van der Waals surface area contributed by atoms with Gasteiger partial charge in [0.25, 0.3) is 0 Å². The van der Waals surface area contributed by atoms with Gasteiger partial charge in [0.05, 0.1) is 12.8 Å². The van der Waals surface area contributed by atoms with Crippen molar-refractivity contribution in [3.8, 4) is 11.3 Å². The number of H-pyrrole nitrogens is 2. The average Bonchev–Trinajstić information content (AvgIpc) is 2.71. The summed E-state index contributed by atoms with van der Waals surface area (Å²) in [7, 11) is 1.26. The van der Waals surface area contributed by atoms with E-state index in [0.29, 0.717) is 5.69 Å². The standard InChI is InChI=1S/C11H9BrN2O3/c1-17-10(15)9-8(13-11(16)14-9)6-2-4-7(12)5-3-6/h2-5H,1H3,(H2,13,14,16). The van der Waals surface area contributed by atoms with Gasteiger partial charge in [-0.3, -0.25) is 4.98 Å². The van der Waals surface area contributed by atoms with E-state index in [1.807, 2.05) is 12.1 Å². The average molecular weight is 297 g/mol. The Hall–Kier alpha value is -1.82. The van der Waals surface area contributed by atoms with Crippen LogP contribution < -0.4 is 5.69 Å². The molecular formula is C11H9BrN2O3. The number of esters is 1. The third kappa shape index (κ3) is 2.31. The highest BCUT2D eigenvalue weighted by Crippen LogP contribution is 2.21. The van der Waals surface area contributed by atoms with Gasteiger partial charge < -0.3 is 9.72 Å². The molecule has 0 bridgehead atoms. The maximum Gasteiger partial charge on any atom is 0.356 e. The van der Waals surface area contributed by atoms with Crippen molar-refractivity contribution in [2.75, 3.05) is 7.11 Å². The SMILES string of the molecule is COC(=O)c1[nH]c(=O)[nH]c1-c1ccc(Br)cc1. The Morgan fingerprint density at radius 1 is 1.24 bits per heavy atom. The van der Waals surface area contributed by atoms with E-state index in [9.17, 15) is 9.59 Å². The number of hydrogen-bond donors (Lipinski definition) is 2. The van der Waals surface area contributed by atoms with Gasteiger partial charge in [-0.1, -0.05) is 28.1 Å². The highest BCUT2D eigenvalue weighted by molar-refractivity contribution is 9.10. The lowest BCUT2D eigenvalue weighted by Crippen LogP contribution is -2.06. The van der Waals surface area contributed by atoms with Gasteiger partial charge in [-0.25, -0.2) is 9.59 Å². The first-order valence-electron chi connectivity index (χ1n) is 4.78. The van der Waals surface area contributed by atoms with Crippen LogP contribution >= 0.6 is 15.9 Å². The smallest absolute Gasteiger partial charge is 0.356 e. The Bertz CT molecular complexity index is 598. The number of nitrogens with one attached hydrogen (secondary N) is 2. The van der Waals surface area contributed by atoms with Crippen molar-refractivity contribution in [3.63, 3.8) is 0 Å². The topological polar surface area (TPSA) is 75.0 Å². The third-order valence-electron chi connectivity index (χ3n) is 2.25. The summed E-state index contributed by atoms with van der Waals surface area (Å²) in [6.07, 6.45) is 0. The fraction of sp³-hybridized carbons (Fsp3) is 0.0909. The predicted molar refractivity (Wildman–Crippen MR) is 65.9 cm³/mol. The zero-order valence-electron chi connectivity index (χ0n) is 8.91. The molecule has 1 heterocycles. The van der Waals surface area contributed by atoms with Crippen LogP contribution in [0.2, 0.25) is 0 Å². The minimum atomic E-state index is -0.582. The molecular weight excluding hydrogens is 288 g/mol. The lowest BCUT2D eigenvalue weighted by molar-refractivity contribution is 0.0595. The Morgan fingerprint density at radius 3 is 2.47 bits per heavy atom. The van der Waals surface area contributed by atoms with E-state index in [2.05, 4.69) is 30.6 Å². The number of benzene rings is 1. The number of aromatic amines is 2. The molecule has 0 aliphatic heterocycles. The van der Waals surface area contributed by atoms with Crippen LogP contribution in [0.4, 0.5) is 0 Å². The van der Waals surface area contributed by atoms with Crippen LogP contribution in [0.1, 0.15) is 10.5 Å². The second-order valence-electron chi connectivity index (χ2n) is 3.33. The summed E-state index contributed by atoms with van der Waals surface area (Å²) in [4.78, 5) is 27.7. The van der Waals surface area contributed by atoms with Crippen molar-refractivity contribution in [1.29, 1.82) is 0 Å². The number of methoxy groups -OCH3 is 1. The van der Waals surface area contributed by atoms with E-state index in [1.54, 1.807) is 12.1 Å². The van der Waals surface area contributed by atoms with Gasteiger partial charge in [0.1, 0.15) is 0 Å². The van der Waals surface area contributed by atoms with E-state index in [1.165, 1.54) is 7.11 Å². The molecule has 2 rings (SSSR count). The van der Waals surface area contributed by atoms with Crippen molar-refractivity contribution in [2.24, 2.45) is 0 Å². The summed E-state index contributed by atoms with van der Waals surface area (Å²) in [6, 6.07) is 7.22. The molecule has 5 nitrogen and oxygen atoms in total. The summed E-state index contributed by atoms with van der Waals surface area (Å²) < 4.78 is 5.51. The van der Waals surface area contributed by atoms with Crippen molar-refractivity contribution in [1.82, 2.24) is 9.97 Å². The zero-order chi connectivity index (χ0) is 12.4. The molecule has 6 heteroatoms. The number of halogens is 1. The molecule has 0 saturated heterocycles. The fourth-order valence-electron chi connectivity index (χ4n) is 1.47. The molecule has 0 amide bonds. The number of carbonyl (C=O) groups is 1. The second kappa shape index (κ2) is 4.58. The van der Waals surface area contributed by atoms with Crippen LogP contribution in [0.3, 0.4) is 0 Å². The van der Waals surface area contributed by atoms with Gasteiger partial charge in [-0.2, -0.15) is 0 Å². The molecule has 0 saturated carbocycles. The molecule has 0 aliphatic rings. The van der Waals surface area contributed by atoms with Gasteiger partial charge in [0, 0.05) is 10.0 Å². The summed E-state index contributed by atoms with van der Waals surface area (Å²) in [6.45, 7) is 0. The molecule has 88 valence electrons. The third-order valence-corrected chi connectivity index (χ3v) is 2.78. The molecule has 1 aromatic heterocycles. The van der Waals surface area contributed by atoms with Crippen LogP contribution in [0.5, 0.6) is 0 Å². The van der Waals surface area contributed by atoms with Crippen LogP contribution in [0.25, 0.3) is 11.3 Å². The first-order chi connectivity index (χ1) is 8.11. The molecule has 0 fully saturated rings. The molecule has 17 heavy (non-hydrogen) atoms. The van der Waals surface area contributed by atoms with Crippen molar-refractivity contribution in [2.45, 2.75) is 0 Å². The van der Waals surface area contributed by atoms with Crippen molar-refractivity contribution < 1.29 is 9.53 Å². The minimum absolute atomic E-state index is 0.125. The second-order valence-corrected chi connectivity index (χ2v) is 4.24. The molecule has 0 aliphatic carbocycles. The number of rotatable bonds is 2. The molecule has 0 atom stereocenters. The molecule has 0 radical (unpaired) electrons. The fourth-order valence-corrected chi connectivity index (χ4v) is 1.74. The van der Waals surface area contributed by atoms with Crippen molar-refractivity contribution >= 4 is 21.9 Å². The lowest BCUT2D eigenvalue weighted by Gasteiger charge is -2.01. The van der Waals surface area contributed by atoms with E-state index in [-0.39, 0.29) is 5.69 Å². The van der Waals surface area contributed by atoms with E-state index >= 15 is 0 Å². The summed E-state index contributed by atoms with van der Waals surface area (Å²) in [5.74, 6) is -0.582. The largest absolute Gasteiger partial charge is 0.464 e. The normalized spacial score (nSPS) is 10.2. The highest BCUT2D eigenvalue weighted by Gasteiger charge is 2.16. The maximum atomic E-state index is 11.5. The van der Waals surface area contributed by atoms with Gasteiger partial charge in [0.15, 0.2) is 5.69 Å². The summed E-state index contributed by atoms with van der Waals surface area (Å²) >= 11 is 3.31. The van der Waals surface area contributed by atoms with Gasteiger partial charge in [0.2, 0.25) is 0 Å². The summed E-state index contributed by atoms with van der Waals surface area (Å²) in [5, 5.41) is 0. The maximum absolute atomic E-state index is 11.5. The van der Waals surface area contributed by atoms with Crippen LogP contribution in [-0.2, 0) is 4.74 Å². The number of ether oxygens (including phenoxy) is 1. The first-order valence-corrected chi connectivity index (χ1v) is 5.57. The minimum Gasteiger partial charge on any atom is -0.464 e. The van der Waals surface area contributed by atoms with E-state index in [0.717, 1.165) is 10.0 Å². The number of aromatic nitrogens is 2. The highest BCUT2D eigenvalue weighted by atomic mass is 79.9. The molecule has 2 N–H and O–H groups in total. The van der Waals surface area contributed by atoms with E-state index < -0.39 is 11.7 Å². The summed E-state index contributed by atoms with van der Waals surface area (Å²) in [5.41, 5.74) is 0.837. The monoisotopic (exact) mass is 296 g/mol. The van der Waals surface area contributed by atoms with Crippen LogP contribution in [-0.4, -0.2) is 23.0 Å². The number of carbonyl (C=O) groups excluding carboxylic acids is 1. The quantitative estimate of drug-likeness (QED) is 0.832. The van der Waals surface area contributed by atoms with Crippen molar-refractivity contribution in [3.05, 3.63) is 44.9 Å². The zero-order valence-corrected chi connectivity index (χ0v) is 10.5. The Morgan fingerprint density at radius 2 is 1.88 bits per heavy atom. The Labute approximate surface area is 105 Å². The molecule has 0 spiro atoms. The Balaban J connectivity index is 2.55. The van der Waals surface area contributed by atoms with Crippen LogP contribution in [0.15, 0.2) is 33.5 Å². The molecule has 2 aromatic rings. The van der Waals surface area contributed by atoms with Gasteiger partial charge >= 0.3 is 11.7 Å². The molecule has 0 unspecified atom stereocenters. The van der Waals surface area contributed by atoms with E-state index in [4.69, 9.17) is 0 Å². The van der Waals surface area contributed by atoms with Gasteiger partial charge in [-0.15, -0.1) is 0 Å². The number of imidazole rings is 1. The predicted octanol–water partition coefficient (Wildman–Crippen LogP) is 1.92. The lowest BCUT2D eigenvalue weighted by atomic mass is 10.1. The molecule has 1 aromatic carbocycles. The van der Waals surface area contributed by atoms with Crippen LogP contribution in [0, 0.1) is 0 Å².